The van der Waals surface area contributed by atoms with Crippen LogP contribution in [0.4, 0.5) is 10.2 Å². The molecule has 3 rings (SSSR count). The highest BCUT2D eigenvalue weighted by Gasteiger charge is 2.29. The van der Waals surface area contributed by atoms with Crippen LogP contribution in [0.5, 0.6) is 0 Å². The van der Waals surface area contributed by atoms with Crippen LogP contribution in [0.15, 0.2) is 36.8 Å². The molecule has 25 heavy (non-hydrogen) atoms. The van der Waals surface area contributed by atoms with Gasteiger partial charge >= 0.3 is 0 Å². The van der Waals surface area contributed by atoms with Gasteiger partial charge in [0.2, 0.25) is 5.91 Å². The van der Waals surface area contributed by atoms with E-state index in [1.54, 1.807) is 12.1 Å². The lowest BCUT2D eigenvalue weighted by Crippen LogP contribution is -2.30. The van der Waals surface area contributed by atoms with Crippen LogP contribution < -0.4 is 5.32 Å². The third kappa shape index (κ3) is 4.32. The van der Waals surface area contributed by atoms with Crippen molar-refractivity contribution in [2.24, 2.45) is 0 Å². The second-order valence-electron chi connectivity index (χ2n) is 6.74. The number of carbonyl (C=O) groups is 1. The van der Waals surface area contributed by atoms with Crippen LogP contribution in [0.25, 0.3) is 0 Å². The van der Waals surface area contributed by atoms with Crippen molar-refractivity contribution in [3.05, 3.63) is 53.7 Å². The summed E-state index contributed by atoms with van der Waals surface area (Å²) in [5, 5.41) is 3.39. The third-order valence-electron chi connectivity index (χ3n) is 4.50. The van der Waals surface area contributed by atoms with Gasteiger partial charge in [-0.05, 0) is 30.0 Å². The Hall–Kier alpha value is -2.50. The van der Waals surface area contributed by atoms with E-state index < -0.39 is 0 Å². The van der Waals surface area contributed by atoms with E-state index in [1.807, 2.05) is 11.1 Å². The number of aromatic nitrogens is 2. The van der Waals surface area contributed by atoms with Gasteiger partial charge in [-0.1, -0.05) is 26.0 Å². The zero-order chi connectivity index (χ0) is 17.8. The van der Waals surface area contributed by atoms with Crippen molar-refractivity contribution in [2.45, 2.75) is 38.6 Å². The molecular weight excluding hydrogens is 319 g/mol. The van der Waals surface area contributed by atoms with Gasteiger partial charge in [0.05, 0.1) is 6.04 Å². The number of nitrogens with one attached hydrogen (secondary N) is 1. The molecule has 1 amide bonds. The first kappa shape index (κ1) is 17.3. The maximum atomic E-state index is 13.0. The average Bonchev–Trinajstić information content (AvgIpc) is 2.94. The highest BCUT2D eigenvalue weighted by atomic mass is 19.1. The highest BCUT2D eigenvalue weighted by molar-refractivity contribution is 5.80. The Morgan fingerprint density at radius 1 is 1.32 bits per heavy atom. The zero-order valence-electron chi connectivity index (χ0n) is 14.6. The first-order valence-corrected chi connectivity index (χ1v) is 8.61. The van der Waals surface area contributed by atoms with Crippen molar-refractivity contribution >= 4 is 11.7 Å². The molecule has 1 aromatic heterocycles. The molecule has 0 aliphatic carbocycles. The summed E-state index contributed by atoms with van der Waals surface area (Å²) in [6.45, 7) is 5.49. The van der Waals surface area contributed by atoms with Gasteiger partial charge in [0.25, 0.3) is 0 Å². The van der Waals surface area contributed by atoms with Gasteiger partial charge in [0.15, 0.2) is 0 Å². The molecule has 5 nitrogen and oxygen atoms in total. The van der Waals surface area contributed by atoms with Crippen molar-refractivity contribution < 1.29 is 9.18 Å². The SMILES string of the molecule is CC(C)c1cncnc1N[C@H]1CC(=O)N(CCc2ccc(F)cc2)C1. The first-order valence-electron chi connectivity index (χ1n) is 8.61. The second-order valence-corrected chi connectivity index (χ2v) is 6.74. The molecule has 132 valence electrons. The van der Waals surface area contributed by atoms with Gasteiger partial charge in [-0.25, -0.2) is 14.4 Å². The molecule has 0 unspecified atom stereocenters. The summed E-state index contributed by atoms with van der Waals surface area (Å²) in [7, 11) is 0. The Bertz CT molecular complexity index is 732. The van der Waals surface area contributed by atoms with Crippen LogP contribution in [0.2, 0.25) is 0 Å². The number of benzene rings is 1. The number of rotatable bonds is 6. The highest BCUT2D eigenvalue weighted by Crippen LogP contribution is 2.23. The molecule has 0 saturated carbocycles. The maximum Gasteiger partial charge on any atom is 0.224 e. The van der Waals surface area contributed by atoms with Crippen LogP contribution in [0, 0.1) is 5.82 Å². The van der Waals surface area contributed by atoms with Gasteiger partial charge in [-0.3, -0.25) is 4.79 Å². The van der Waals surface area contributed by atoms with Crippen molar-refractivity contribution in [2.75, 3.05) is 18.4 Å². The van der Waals surface area contributed by atoms with Crippen molar-refractivity contribution in [1.82, 2.24) is 14.9 Å². The number of hydrogen-bond donors (Lipinski definition) is 1. The molecule has 0 radical (unpaired) electrons. The monoisotopic (exact) mass is 342 g/mol. The molecule has 1 fully saturated rings. The van der Waals surface area contributed by atoms with E-state index in [4.69, 9.17) is 0 Å². The Morgan fingerprint density at radius 3 is 2.80 bits per heavy atom. The average molecular weight is 342 g/mol. The molecule has 0 bridgehead atoms. The molecule has 2 aromatic rings. The standard InChI is InChI=1S/C19H23FN4O/c1-13(2)17-10-21-12-22-19(17)23-16-9-18(25)24(11-16)8-7-14-3-5-15(20)6-4-14/h3-6,10,12-13,16H,7-9,11H2,1-2H3,(H,21,22,23)/t16-/m0/s1. The molecule has 1 aliphatic heterocycles. The number of carbonyl (C=O) groups excluding carboxylic acids is 1. The number of likely N-dealkylation sites (tertiary alicyclic amines) is 1. The van der Waals surface area contributed by atoms with Crippen LogP contribution in [-0.4, -0.2) is 39.9 Å². The fourth-order valence-electron chi connectivity index (χ4n) is 3.08. The predicted octanol–water partition coefficient (Wildman–Crippen LogP) is 2.99. The number of amides is 1. The molecule has 1 N–H and O–H groups in total. The zero-order valence-corrected chi connectivity index (χ0v) is 14.6. The van der Waals surface area contributed by atoms with Gasteiger partial charge in [-0.15, -0.1) is 0 Å². The minimum Gasteiger partial charge on any atom is -0.365 e. The molecule has 1 aliphatic rings. The number of nitrogens with zero attached hydrogens (tertiary/aromatic N) is 3. The molecule has 1 aromatic carbocycles. The number of halogens is 1. The fraction of sp³-hybridized carbons (Fsp3) is 0.421. The van der Waals surface area contributed by atoms with Gasteiger partial charge < -0.3 is 10.2 Å². The number of hydrogen-bond acceptors (Lipinski definition) is 4. The van der Waals surface area contributed by atoms with Crippen LogP contribution in [0.3, 0.4) is 0 Å². The van der Waals surface area contributed by atoms with E-state index >= 15 is 0 Å². The summed E-state index contributed by atoms with van der Waals surface area (Å²) < 4.78 is 13.0. The topological polar surface area (TPSA) is 58.1 Å². The maximum absolute atomic E-state index is 13.0. The first-order chi connectivity index (χ1) is 12.0. The van der Waals surface area contributed by atoms with E-state index in [1.165, 1.54) is 18.5 Å². The quantitative estimate of drug-likeness (QED) is 0.877. The van der Waals surface area contributed by atoms with Gasteiger partial charge in [-0.2, -0.15) is 0 Å². The van der Waals surface area contributed by atoms with Gasteiger partial charge in [0, 0.05) is 31.3 Å². The summed E-state index contributed by atoms with van der Waals surface area (Å²) in [5.41, 5.74) is 2.09. The lowest BCUT2D eigenvalue weighted by molar-refractivity contribution is -0.127. The third-order valence-corrected chi connectivity index (χ3v) is 4.50. The minimum absolute atomic E-state index is 0.0492. The second kappa shape index (κ2) is 7.59. The Kier molecular flexibility index (Phi) is 5.26. The number of anilines is 1. The van der Waals surface area contributed by atoms with Crippen LogP contribution in [-0.2, 0) is 11.2 Å². The fourth-order valence-corrected chi connectivity index (χ4v) is 3.08. The summed E-state index contributed by atoms with van der Waals surface area (Å²) >= 11 is 0. The normalized spacial score (nSPS) is 17.4. The van der Waals surface area contributed by atoms with E-state index in [2.05, 4.69) is 29.1 Å². The summed E-state index contributed by atoms with van der Waals surface area (Å²) in [6.07, 6.45) is 4.54. The van der Waals surface area contributed by atoms with E-state index in [-0.39, 0.29) is 17.8 Å². The van der Waals surface area contributed by atoms with Gasteiger partial charge in [0.1, 0.15) is 18.0 Å². The minimum atomic E-state index is -0.240. The van der Waals surface area contributed by atoms with Crippen LogP contribution in [0.1, 0.15) is 37.3 Å². The van der Waals surface area contributed by atoms with E-state index in [0.29, 0.717) is 25.4 Å². The molecule has 1 saturated heterocycles. The molecule has 2 heterocycles. The lowest BCUT2D eigenvalue weighted by Gasteiger charge is -2.19. The summed E-state index contributed by atoms with van der Waals surface area (Å²) in [4.78, 5) is 22.5. The van der Waals surface area contributed by atoms with Crippen LogP contribution >= 0.6 is 0 Å². The predicted molar refractivity (Wildman–Crippen MR) is 94.8 cm³/mol. The van der Waals surface area contributed by atoms with E-state index in [0.717, 1.165) is 23.4 Å². The van der Waals surface area contributed by atoms with E-state index in [9.17, 15) is 9.18 Å². The smallest absolute Gasteiger partial charge is 0.224 e. The Labute approximate surface area is 147 Å². The largest absolute Gasteiger partial charge is 0.365 e. The molecule has 1 atom stereocenters. The van der Waals surface area contributed by atoms with Crippen molar-refractivity contribution in [3.8, 4) is 0 Å². The lowest BCUT2D eigenvalue weighted by atomic mass is 10.1. The summed E-state index contributed by atoms with van der Waals surface area (Å²) in [6, 6.07) is 6.48. The summed E-state index contributed by atoms with van der Waals surface area (Å²) in [5.74, 6) is 1.02. The Balaban J connectivity index is 1.58. The van der Waals surface area contributed by atoms with Crippen molar-refractivity contribution in [1.29, 1.82) is 0 Å². The van der Waals surface area contributed by atoms with Crippen molar-refractivity contribution in [3.63, 3.8) is 0 Å². The Morgan fingerprint density at radius 2 is 2.08 bits per heavy atom. The molecule has 6 heteroatoms. The molecular formula is C19H23FN4O. The molecule has 0 spiro atoms.